The molecule has 0 spiro atoms. The van der Waals surface area contributed by atoms with Crippen LogP contribution in [0.1, 0.15) is 20.3 Å². The van der Waals surface area contributed by atoms with Crippen LogP contribution in [0, 0.1) is 0 Å². The minimum atomic E-state index is -1.77. The minimum absolute atomic E-state index is 0.0419. The van der Waals surface area contributed by atoms with Gasteiger partial charge in [-0.1, -0.05) is 0 Å². The van der Waals surface area contributed by atoms with Gasteiger partial charge < -0.3 is 0 Å². The van der Waals surface area contributed by atoms with Crippen LogP contribution >= 0.6 is 0 Å². The molecule has 0 aromatic carbocycles. The summed E-state index contributed by atoms with van der Waals surface area (Å²) in [5.74, 6) is 7.23. The standard InChI is InChI=1S/C9H19GeNO/c1-9(2)6-7(8(12)11-9)10(3,4)5/h7H,6H2,1-5H3,(H,11,12). The number of amides is 1. The van der Waals surface area contributed by atoms with Crippen molar-refractivity contribution in [3.63, 3.8) is 0 Å². The number of carbonyl (C=O) groups excluding carboxylic acids is 1. The first-order chi connectivity index (χ1) is 5.22. The van der Waals surface area contributed by atoms with Crippen LogP contribution in [0.5, 0.6) is 0 Å². The van der Waals surface area contributed by atoms with Crippen LogP contribution in [0.15, 0.2) is 0 Å². The zero-order chi connectivity index (χ0) is 9.57. The molecule has 1 amide bonds. The van der Waals surface area contributed by atoms with Gasteiger partial charge in [-0.15, -0.1) is 0 Å². The Kier molecular flexibility index (Phi) is 2.32. The van der Waals surface area contributed by atoms with E-state index in [1.54, 1.807) is 0 Å². The molecule has 3 heteroatoms. The summed E-state index contributed by atoms with van der Waals surface area (Å²) in [7, 11) is 0. The molecule has 70 valence electrons. The van der Waals surface area contributed by atoms with Crippen LogP contribution in [0.4, 0.5) is 0 Å². The van der Waals surface area contributed by atoms with Crippen molar-refractivity contribution in [2.45, 2.75) is 47.8 Å². The van der Waals surface area contributed by atoms with E-state index in [2.05, 4.69) is 36.4 Å². The average molecular weight is 230 g/mol. The van der Waals surface area contributed by atoms with Gasteiger partial charge in [0, 0.05) is 0 Å². The van der Waals surface area contributed by atoms with Crippen LogP contribution in [-0.4, -0.2) is 24.7 Å². The fourth-order valence-electron chi connectivity index (χ4n) is 1.77. The van der Waals surface area contributed by atoms with E-state index in [0.717, 1.165) is 6.42 Å². The number of hydrogen-bond donors (Lipinski definition) is 1. The van der Waals surface area contributed by atoms with Gasteiger partial charge in [0.15, 0.2) is 0 Å². The molecule has 0 bridgehead atoms. The van der Waals surface area contributed by atoms with Crippen molar-refractivity contribution in [1.82, 2.24) is 5.32 Å². The van der Waals surface area contributed by atoms with Crippen LogP contribution in [-0.2, 0) is 4.79 Å². The predicted molar refractivity (Wildman–Crippen MR) is 53.9 cm³/mol. The topological polar surface area (TPSA) is 29.1 Å². The van der Waals surface area contributed by atoms with Gasteiger partial charge in [-0.2, -0.15) is 0 Å². The van der Waals surface area contributed by atoms with Crippen molar-refractivity contribution in [1.29, 1.82) is 0 Å². The fraction of sp³-hybridized carbons (Fsp3) is 0.889. The van der Waals surface area contributed by atoms with Crippen molar-refractivity contribution >= 4 is 19.2 Å². The van der Waals surface area contributed by atoms with Crippen LogP contribution in [0.3, 0.4) is 0 Å². The Balaban J connectivity index is 2.78. The van der Waals surface area contributed by atoms with Gasteiger partial charge in [0.05, 0.1) is 0 Å². The van der Waals surface area contributed by atoms with Crippen molar-refractivity contribution in [2.75, 3.05) is 0 Å². The van der Waals surface area contributed by atoms with Gasteiger partial charge in [0.2, 0.25) is 0 Å². The first-order valence-electron chi connectivity index (χ1n) is 4.54. The van der Waals surface area contributed by atoms with E-state index in [0.29, 0.717) is 10.7 Å². The maximum atomic E-state index is 11.6. The van der Waals surface area contributed by atoms with Gasteiger partial charge in [-0.3, -0.25) is 0 Å². The number of rotatable bonds is 1. The molecule has 1 N–H and O–H groups in total. The summed E-state index contributed by atoms with van der Waals surface area (Å²) in [6.45, 7) is 4.22. The average Bonchev–Trinajstić information content (AvgIpc) is 2.03. The number of hydrogen-bond acceptors (Lipinski definition) is 1. The number of nitrogens with one attached hydrogen (secondary N) is 1. The van der Waals surface area contributed by atoms with E-state index in [4.69, 9.17) is 0 Å². The molecule has 1 unspecified atom stereocenters. The zero-order valence-electron chi connectivity index (χ0n) is 8.69. The normalized spacial score (nSPS) is 28.8. The molecular weight excluding hydrogens is 211 g/mol. The van der Waals surface area contributed by atoms with Crippen LogP contribution in [0.2, 0.25) is 22.0 Å². The Hall–Kier alpha value is 0.0129. The molecule has 1 saturated heterocycles. The second-order valence-corrected chi connectivity index (χ2v) is 16.9. The van der Waals surface area contributed by atoms with Crippen molar-refractivity contribution in [3.8, 4) is 0 Å². The first-order valence-corrected chi connectivity index (χ1v) is 12.0. The first kappa shape index (κ1) is 10.1. The molecule has 0 radical (unpaired) electrons. The number of carbonyl (C=O) groups is 1. The van der Waals surface area contributed by atoms with E-state index in [1.807, 2.05) is 0 Å². The van der Waals surface area contributed by atoms with Crippen molar-refractivity contribution in [2.24, 2.45) is 0 Å². The zero-order valence-corrected chi connectivity index (χ0v) is 10.8. The summed E-state index contributed by atoms with van der Waals surface area (Å²) in [6.07, 6.45) is 1.04. The second-order valence-electron chi connectivity index (χ2n) is 5.50. The summed E-state index contributed by atoms with van der Waals surface area (Å²) in [5.41, 5.74) is 0.0419. The summed E-state index contributed by atoms with van der Waals surface area (Å²) in [6, 6.07) is 0. The SMILES string of the molecule is CC1(C)C[CH]([Ge]([CH3])([CH3])[CH3])C(=O)N1. The summed E-state index contributed by atoms with van der Waals surface area (Å²) in [4.78, 5) is 11.6. The van der Waals surface area contributed by atoms with Gasteiger partial charge in [0.1, 0.15) is 0 Å². The third kappa shape index (κ3) is 2.03. The molecule has 0 aromatic rings. The molecule has 12 heavy (non-hydrogen) atoms. The fourth-order valence-corrected chi connectivity index (χ4v) is 5.93. The Morgan fingerprint density at radius 2 is 1.92 bits per heavy atom. The molecule has 0 aliphatic carbocycles. The predicted octanol–water partition coefficient (Wildman–Crippen LogP) is 1.99. The molecule has 1 aliphatic heterocycles. The molecule has 0 saturated carbocycles. The Bertz CT molecular complexity index is 205. The Morgan fingerprint density at radius 3 is 2.08 bits per heavy atom. The van der Waals surface area contributed by atoms with Crippen molar-refractivity contribution in [3.05, 3.63) is 0 Å². The van der Waals surface area contributed by atoms with Gasteiger partial charge in [0.25, 0.3) is 0 Å². The molecule has 1 atom stereocenters. The van der Waals surface area contributed by atoms with E-state index in [1.165, 1.54) is 0 Å². The third-order valence-corrected chi connectivity index (χ3v) is 7.90. The molecular formula is C9H19GeNO. The summed E-state index contributed by atoms with van der Waals surface area (Å²) < 4.78 is 0.361. The van der Waals surface area contributed by atoms with E-state index >= 15 is 0 Å². The molecule has 1 aliphatic rings. The third-order valence-electron chi connectivity index (χ3n) is 2.54. The van der Waals surface area contributed by atoms with Crippen LogP contribution in [0.25, 0.3) is 0 Å². The maximum absolute atomic E-state index is 11.6. The van der Waals surface area contributed by atoms with Crippen LogP contribution < -0.4 is 5.32 Å². The van der Waals surface area contributed by atoms with Gasteiger partial charge in [-0.25, -0.2) is 0 Å². The van der Waals surface area contributed by atoms with Gasteiger partial charge in [-0.05, 0) is 0 Å². The molecule has 1 heterocycles. The molecule has 1 rings (SSSR count). The monoisotopic (exact) mass is 231 g/mol. The second kappa shape index (κ2) is 2.76. The van der Waals surface area contributed by atoms with E-state index < -0.39 is 13.3 Å². The summed E-state index contributed by atoms with van der Waals surface area (Å²) in [5, 5.41) is 3.06. The molecule has 0 aromatic heterocycles. The Labute approximate surface area is 77.5 Å². The van der Waals surface area contributed by atoms with E-state index in [-0.39, 0.29) is 5.54 Å². The molecule has 1 fully saturated rings. The quantitative estimate of drug-likeness (QED) is 0.685. The Morgan fingerprint density at radius 1 is 1.42 bits per heavy atom. The van der Waals surface area contributed by atoms with Crippen molar-refractivity contribution < 1.29 is 4.79 Å². The summed E-state index contributed by atoms with van der Waals surface area (Å²) >= 11 is -1.77. The molecule has 2 nitrogen and oxygen atoms in total. The van der Waals surface area contributed by atoms with Gasteiger partial charge >= 0.3 is 77.1 Å². The van der Waals surface area contributed by atoms with E-state index in [9.17, 15) is 4.79 Å².